The number of hydrogen-bond acceptors (Lipinski definition) is 7. The van der Waals surface area contributed by atoms with Gasteiger partial charge in [0.2, 0.25) is 11.8 Å². The number of rotatable bonds is 8. The van der Waals surface area contributed by atoms with Crippen molar-refractivity contribution in [2.75, 3.05) is 17.3 Å². The summed E-state index contributed by atoms with van der Waals surface area (Å²) in [6.45, 7) is 0.487. The number of hydrogen-bond donors (Lipinski definition) is 3. The number of anilines is 2. The van der Waals surface area contributed by atoms with Crippen LogP contribution in [0.5, 0.6) is 11.6 Å². The molecule has 0 saturated carbocycles. The zero-order valence-corrected chi connectivity index (χ0v) is 22.0. The summed E-state index contributed by atoms with van der Waals surface area (Å²) < 4.78 is 10.9. The molecule has 0 aliphatic carbocycles. The van der Waals surface area contributed by atoms with Crippen LogP contribution >= 0.6 is 11.3 Å². The van der Waals surface area contributed by atoms with E-state index >= 15 is 0 Å². The number of H-pyrrole nitrogens is 1. The number of amides is 2. The number of fused-ring (bicyclic) bond motifs is 1. The summed E-state index contributed by atoms with van der Waals surface area (Å²) in [4.78, 5) is 41.3. The van der Waals surface area contributed by atoms with Crippen molar-refractivity contribution in [3.8, 4) is 11.6 Å². The monoisotopic (exact) mass is 545 g/mol. The first-order chi connectivity index (χ1) is 18.9. The lowest BCUT2D eigenvalue weighted by Crippen LogP contribution is -2.35. The molecule has 0 spiro atoms. The fraction of sp³-hybridized carbons (Fsp3) is 0.207. The molecule has 0 atom stereocenters. The maximum absolute atomic E-state index is 13.1. The van der Waals surface area contributed by atoms with E-state index in [4.69, 9.17) is 9.47 Å². The number of ether oxygens (including phenoxy) is 2. The Bertz CT molecular complexity index is 1550. The van der Waals surface area contributed by atoms with Crippen molar-refractivity contribution >= 4 is 34.7 Å². The molecule has 4 aromatic rings. The smallest absolute Gasteiger partial charge is 0.411 e. The Morgan fingerprint density at radius 1 is 1.03 bits per heavy atom. The third-order valence-corrected chi connectivity index (χ3v) is 7.40. The zero-order chi connectivity index (χ0) is 27.4. The van der Waals surface area contributed by atoms with E-state index in [1.54, 1.807) is 30.2 Å². The second-order valence-corrected chi connectivity index (χ2v) is 10.1. The minimum absolute atomic E-state index is 0.0289. The van der Waals surface area contributed by atoms with Crippen LogP contribution in [-0.4, -0.2) is 29.2 Å². The molecule has 1 aliphatic rings. The third-order valence-electron chi connectivity index (χ3n) is 6.53. The molecule has 3 aromatic carbocycles. The highest BCUT2D eigenvalue weighted by molar-refractivity contribution is 7.09. The van der Waals surface area contributed by atoms with E-state index in [0.29, 0.717) is 47.8 Å². The third kappa shape index (κ3) is 5.96. The second kappa shape index (κ2) is 11.4. The normalized spacial score (nSPS) is 12.6. The van der Waals surface area contributed by atoms with Gasteiger partial charge in [-0.2, -0.15) is 0 Å². The molecule has 1 aromatic heterocycles. The van der Waals surface area contributed by atoms with Crippen LogP contribution in [0.2, 0.25) is 0 Å². The van der Waals surface area contributed by atoms with Crippen molar-refractivity contribution in [2.45, 2.75) is 32.4 Å². The molecule has 10 heteroatoms. The van der Waals surface area contributed by atoms with Gasteiger partial charge in [-0.05, 0) is 46.9 Å². The van der Waals surface area contributed by atoms with E-state index in [0.717, 1.165) is 33.6 Å². The predicted octanol–water partition coefficient (Wildman–Crippen LogP) is 4.97. The van der Waals surface area contributed by atoms with Crippen molar-refractivity contribution in [2.24, 2.45) is 0 Å². The number of carbonyl (C=O) groups is 2. The number of aromatic nitrogens is 1. The SMILES string of the molecule is COc1ccc(Cc2sc(=O)[nH]c2O)c2c1N(Cc1ccc(NC(=O)OCc3ccccc3)cc1)C(=O)CC2. The minimum Gasteiger partial charge on any atom is -0.495 e. The molecular weight excluding hydrogens is 518 g/mol. The molecule has 5 rings (SSSR count). The second-order valence-electron chi connectivity index (χ2n) is 9.08. The molecule has 0 unspecified atom stereocenters. The standard InChI is InChI=1S/C29H27N3O6S/c1-37-23-13-9-20(15-24-27(34)31-29(36)39-24)22-12-14-25(33)32(26(22)23)16-18-7-10-21(11-8-18)30-28(35)38-17-19-5-3-2-4-6-19/h2-11,13,34H,12,14-17H2,1H3,(H,30,35)(H,31,36). The Balaban J connectivity index is 1.31. The predicted molar refractivity (Wildman–Crippen MR) is 149 cm³/mol. The zero-order valence-electron chi connectivity index (χ0n) is 21.2. The quantitative estimate of drug-likeness (QED) is 0.288. The molecule has 0 saturated heterocycles. The van der Waals surface area contributed by atoms with Gasteiger partial charge >= 0.3 is 11.0 Å². The van der Waals surface area contributed by atoms with Gasteiger partial charge < -0.3 is 19.5 Å². The Kier molecular flexibility index (Phi) is 7.64. The average Bonchev–Trinajstić information content (AvgIpc) is 3.26. The Hall–Kier alpha value is -4.57. The molecule has 0 bridgehead atoms. The fourth-order valence-electron chi connectivity index (χ4n) is 4.62. The van der Waals surface area contributed by atoms with Gasteiger partial charge in [-0.1, -0.05) is 59.9 Å². The summed E-state index contributed by atoms with van der Waals surface area (Å²) in [5.41, 5.74) is 4.91. The van der Waals surface area contributed by atoms with Crippen molar-refractivity contribution in [3.05, 3.63) is 104 Å². The summed E-state index contributed by atoms with van der Waals surface area (Å²) >= 11 is 0.969. The maximum atomic E-state index is 13.1. The van der Waals surface area contributed by atoms with Gasteiger partial charge in [0.15, 0.2) is 0 Å². The summed E-state index contributed by atoms with van der Waals surface area (Å²) in [6.07, 6.45) is 0.674. The van der Waals surface area contributed by atoms with Crippen LogP contribution in [-0.2, 0) is 35.5 Å². The first-order valence-electron chi connectivity index (χ1n) is 12.4. The number of benzene rings is 3. The van der Waals surface area contributed by atoms with Gasteiger partial charge in [0.05, 0.1) is 24.2 Å². The van der Waals surface area contributed by atoms with Gasteiger partial charge in [0.25, 0.3) is 0 Å². The molecule has 0 fully saturated rings. The first-order valence-corrected chi connectivity index (χ1v) is 13.2. The lowest BCUT2D eigenvalue weighted by Gasteiger charge is -2.32. The van der Waals surface area contributed by atoms with Crippen molar-refractivity contribution in [3.63, 3.8) is 0 Å². The summed E-state index contributed by atoms with van der Waals surface area (Å²) in [5, 5.41) is 12.8. The molecule has 0 radical (unpaired) electrons. The van der Waals surface area contributed by atoms with Crippen molar-refractivity contribution in [1.29, 1.82) is 0 Å². The number of methoxy groups -OCH3 is 1. The highest BCUT2D eigenvalue weighted by Crippen LogP contribution is 2.41. The topological polar surface area (TPSA) is 121 Å². The summed E-state index contributed by atoms with van der Waals surface area (Å²) in [6, 6.07) is 20.4. The largest absolute Gasteiger partial charge is 0.495 e. The Morgan fingerprint density at radius 3 is 2.49 bits per heavy atom. The van der Waals surface area contributed by atoms with Crippen molar-refractivity contribution in [1.82, 2.24) is 4.98 Å². The van der Waals surface area contributed by atoms with E-state index in [-0.39, 0.29) is 23.3 Å². The summed E-state index contributed by atoms with van der Waals surface area (Å²) in [7, 11) is 1.56. The van der Waals surface area contributed by atoms with Crippen molar-refractivity contribution < 1.29 is 24.2 Å². The number of carbonyl (C=O) groups excluding carboxylic acids is 2. The van der Waals surface area contributed by atoms with E-state index in [1.807, 2.05) is 48.5 Å². The maximum Gasteiger partial charge on any atom is 0.411 e. The molecule has 2 heterocycles. The van der Waals surface area contributed by atoms with Crippen LogP contribution in [0.1, 0.15) is 33.6 Å². The van der Waals surface area contributed by atoms with E-state index in [1.165, 1.54) is 0 Å². The Morgan fingerprint density at radius 2 is 1.79 bits per heavy atom. The lowest BCUT2D eigenvalue weighted by atomic mass is 9.92. The molecule has 39 heavy (non-hydrogen) atoms. The van der Waals surface area contributed by atoms with Gasteiger partial charge in [-0.15, -0.1) is 0 Å². The summed E-state index contributed by atoms with van der Waals surface area (Å²) in [5.74, 6) is 0.419. The lowest BCUT2D eigenvalue weighted by molar-refractivity contribution is -0.119. The fourth-order valence-corrected chi connectivity index (χ4v) is 5.37. The molecular formula is C29H27N3O6S. The Labute approximate surface area is 228 Å². The van der Waals surface area contributed by atoms with Crippen LogP contribution in [0.15, 0.2) is 71.5 Å². The number of nitrogens with one attached hydrogen (secondary N) is 2. The van der Waals surface area contributed by atoms with E-state index in [9.17, 15) is 19.5 Å². The molecule has 200 valence electrons. The number of thiazole rings is 1. The highest BCUT2D eigenvalue weighted by Gasteiger charge is 2.30. The van der Waals surface area contributed by atoms with Crippen LogP contribution in [0.3, 0.4) is 0 Å². The van der Waals surface area contributed by atoms with E-state index < -0.39 is 6.09 Å². The first kappa shape index (κ1) is 26.1. The van der Waals surface area contributed by atoms with Crippen LogP contribution < -0.4 is 19.8 Å². The highest BCUT2D eigenvalue weighted by atomic mass is 32.1. The van der Waals surface area contributed by atoms with Gasteiger partial charge in [-0.25, -0.2) is 4.79 Å². The van der Waals surface area contributed by atoms with Gasteiger partial charge in [0.1, 0.15) is 12.4 Å². The number of aromatic amines is 1. The average molecular weight is 546 g/mol. The number of nitrogens with zero attached hydrogens (tertiary/aromatic N) is 1. The molecule has 2 amide bonds. The minimum atomic E-state index is -0.553. The van der Waals surface area contributed by atoms with Gasteiger partial charge in [-0.3, -0.25) is 19.9 Å². The molecule has 3 N–H and O–H groups in total. The number of aromatic hydroxyl groups is 1. The van der Waals surface area contributed by atoms with E-state index in [2.05, 4.69) is 10.3 Å². The van der Waals surface area contributed by atoms with Crippen LogP contribution in [0.4, 0.5) is 16.2 Å². The van der Waals surface area contributed by atoms with Gasteiger partial charge in [0, 0.05) is 18.5 Å². The molecule has 9 nitrogen and oxygen atoms in total. The molecule has 1 aliphatic heterocycles. The van der Waals surface area contributed by atoms with Crippen LogP contribution in [0.25, 0.3) is 0 Å². The van der Waals surface area contributed by atoms with Crippen LogP contribution in [0, 0.1) is 0 Å².